The van der Waals surface area contributed by atoms with E-state index in [9.17, 15) is 0 Å². The van der Waals surface area contributed by atoms with Gasteiger partial charge in [0.1, 0.15) is 0 Å². The van der Waals surface area contributed by atoms with Gasteiger partial charge >= 0.3 is 0 Å². The minimum atomic E-state index is 0. The van der Waals surface area contributed by atoms with Gasteiger partial charge in [-0.2, -0.15) is 0 Å². The van der Waals surface area contributed by atoms with E-state index in [0.717, 1.165) is 0 Å². The van der Waals surface area contributed by atoms with Crippen molar-refractivity contribution in [2.24, 2.45) is 0 Å². The van der Waals surface area contributed by atoms with Gasteiger partial charge in [-0.3, -0.25) is 4.70 Å². The molecular formula is C8H13F5. The third-order valence-corrected chi connectivity index (χ3v) is 0.667. The van der Waals surface area contributed by atoms with Crippen LogP contribution >= 0.6 is 0 Å². The molecule has 1 rings (SSSR count). The summed E-state index contributed by atoms with van der Waals surface area (Å²) in [6, 6.07) is 12.0. The van der Waals surface area contributed by atoms with E-state index in [4.69, 9.17) is 18.3 Å². The number of hydrogen-bond donors (Lipinski definition) is 0. The standard InChI is InChI=1S/C6H6.C2H6.2F2.FH/c1-2-4-6-5-3-1;3*1-2;/h1-6H;1-2H3;;;1H. The molecule has 0 aliphatic carbocycles. The molecule has 0 atom stereocenters. The van der Waals surface area contributed by atoms with Crippen LogP contribution in [0.15, 0.2) is 36.4 Å². The summed E-state index contributed by atoms with van der Waals surface area (Å²) in [5.74, 6) is 0. The topological polar surface area (TPSA) is 0 Å². The normalized spacial score (nSPS) is 5.08. The minimum Gasteiger partial charge on any atom is -0.269 e. The van der Waals surface area contributed by atoms with Gasteiger partial charge in [-0.1, -0.05) is 50.2 Å². The minimum absolute atomic E-state index is 0. The van der Waals surface area contributed by atoms with Crippen LogP contribution in [0.5, 0.6) is 0 Å². The van der Waals surface area contributed by atoms with Crippen molar-refractivity contribution in [3.05, 3.63) is 36.4 Å². The highest BCUT2D eigenvalue weighted by Crippen LogP contribution is 1.79. The summed E-state index contributed by atoms with van der Waals surface area (Å²) in [5, 5.41) is 0. The predicted octanol–water partition coefficient (Wildman–Crippen LogP) is 4.55. The van der Waals surface area contributed by atoms with Crippen LogP contribution in [-0.2, 0) is 0 Å². The molecule has 0 N–H and O–H groups in total. The second-order valence-electron chi connectivity index (χ2n) is 1.15. The average Bonchev–Trinajstić information content (AvgIpc) is 2.29. The highest BCUT2D eigenvalue weighted by Gasteiger charge is 1.57. The monoisotopic (exact) mass is 204 g/mol. The third kappa shape index (κ3) is 36.1. The summed E-state index contributed by atoms with van der Waals surface area (Å²) in [6.07, 6.45) is 0. The third-order valence-electron chi connectivity index (χ3n) is 0.667. The molecule has 0 saturated carbocycles. The van der Waals surface area contributed by atoms with Crippen molar-refractivity contribution in [3.8, 4) is 0 Å². The van der Waals surface area contributed by atoms with Crippen molar-refractivity contribution in [3.63, 3.8) is 0 Å². The van der Waals surface area contributed by atoms with Gasteiger partial charge in [0.05, 0.1) is 0 Å². The Kier molecular flexibility index (Phi) is 77.8. The van der Waals surface area contributed by atoms with E-state index in [2.05, 4.69) is 0 Å². The van der Waals surface area contributed by atoms with E-state index in [-0.39, 0.29) is 4.70 Å². The highest BCUT2D eigenvalue weighted by molar-refractivity contribution is 4.99. The Bertz CT molecular complexity index is 84.5. The predicted molar refractivity (Wildman–Crippen MR) is 44.7 cm³/mol. The van der Waals surface area contributed by atoms with Crippen molar-refractivity contribution < 1.29 is 23.0 Å². The van der Waals surface area contributed by atoms with Crippen molar-refractivity contribution in [1.29, 1.82) is 0 Å². The van der Waals surface area contributed by atoms with Crippen LogP contribution in [0, 0.1) is 0 Å². The maximum absolute atomic E-state index is 8.00. The summed E-state index contributed by atoms with van der Waals surface area (Å²) < 4.78 is 32.0. The average molecular weight is 204 g/mol. The molecule has 0 aliphatic heterocycles. The first kappa shape index (κ1) is 22.6. The van der Waals surface area contributed by atoms with Gasteiger partial charge in [-0.15, -0.1) is 0 Å². The molecule has 0 unspecified atom stereocenters. The summed E-state index contributed by atoms with van der Waals surface area (Å²) in [7, 11) is 0. The van der Waals surface area contributed by atoms with E-state index >= 15 is 0 Å². The van der Waals surface area contributed by atoms with Crippen LogP contribution in [0.1, 0.15) is 13.8 Å². The number of halogens is 5. The molecule has 13 heavy (non-hydrogen) atoms. The lowest BCUT2D eigenvalue weighted by atomic mass is 10.4. The second kappa shape index (κ2) is 44.6. The summed E-state index contributed by atoms with van der Waals surface area (Å²) in [6.45, 7) is 4.00. The summed E-state index contributed by atoms with van der Waals surface area (Å²) in [5.41, 5.74) is 0. The van der Waals surface area contributed by atoms with Gasteiger partial charge in [0.15, 0.2) is 0 Å². The molecule has 0 saturated heterocycles. The summed E-state index contributed by atoms with van der Waals surface area (Å²) >= 11 is 0. The van der Waals surface area contributed by atoms with Crippen molar-refractivity contribution in [2.45, 2.75) is 13.8 Å². The van der Waals surface area contributed by atoms with Gasteiger partial charge in [0, 0.05) is 18.3 Å². The number of hydrogen-bond acceptors (Lipinski definition) is 0. The molecule has 0 aliphatic rings. The quantitative estimate of drug-likeness (QED) is 0.544. The maximum Gasteiger partial charge on any atom is 0 e. The lowest BCUT2D eigenvalue weighted by Gasteiger charge is -1.69. The lowest BCUT2D eigenvalue weighted by molar-refractivity contribution is 0.108. The molecular weight excluding hydrogens is 191 g/mol. The van der Waals surface area contributed by atoms with E-state index in [0.29, 0.717) is 0 Å². The van der Waals surface area contributed by atoms with Crippen molar-refractivity contribution in [2.75, 3.05) is 0 Å². The van der Waals surface area contributed by atoms with Gasteiger partial charge in [0.25, 0.3) is 0 Å². The van der Waals surface area contributed by atoms with Gasteiger partial charge in [-0.05, 0) is 0 Å². The SMILES string of the molecule is CC.F.FF.FF.c1ccccc1. The zero-order valence-corrected chi connectivity index (χ0v) is 7.38. The van der Waals surface area contributed by atoms with Crippen molar-refractivity contribution >= 4 is 0 Å². The van der Waals surface area contributed by atoms with E-state index in [1.165, 1.54) is 0 Å². The highest BCUT2D eigenvalue weighted by atomic mass is 20.0. The van der Waals surface area contributed by atoms with Gasteiger partial charge < -0.3 is 0 Å². The molecule has 0 amide bonds. The van der Waals surface area contributed by atoms with Crippen LogP contribution in [0.3, 0.4) is 0 Å². The molecule has 5 heteroatoms. The number of rotatable bonds is 0. The molecule has 0 bridgehead atoms. The molecule has 0 fully saturated rings. The number of benzene rings is 1. The largest absolute Gasteiger partial charge is 0.269 e. The molecule has 0 spiro atoms. The zero-order valence-electron chi connectivity index (χ0n) is 7.38. The van der Waals surface area contributed by atoms with E-state index in [1.54, 1.807) is 0 Å². The Morgan fingerprint density at radius 1 is 0.538 bits per heavy atom. The smallest absolute Gasteiger partial charge is 0 e. The molecule has 1 aromatic rings. The van der Waals surface area contributed by atoms with Crippen LogP contribution in [0.2, 0.25) is 0 Å². The fourth-order valence-corrected chi connectivity index (χ4v) is 0.385. The van der Waals surface area contributed by atoms with Crippen LogP contribution in [0.4, 0.5) is 23.0 Å². The molecule has 0 aromatic heterocycles. The molecule has 1 aromatic carbocycles. The Balaban J connectivity index is -0.0000000508. The van der Waals surface area contributed by atoms with E-state index in [1.807, 2.05) is 50.2 Å². The fraction of sp³-hybridized carbons (Fsp3) is 0.250. The zero-order chi connectivity index (χ0) is 10.2. The van der Waals surface area contributed by atoms with Gasteiger partial charge in [-0.25, -0.2) is 0 Å². The Hall–Kier alpha value is -1.13. The fourth-order valence-electron chi connectivity index (χ4n) is 0.385. The first-order valence-electron chi connectivity index (χ1n) is 3.29. The Morgan fingerprint density at radius 3 is 0.692 bits per heavy atom. The molecule has 0 nitrogen and oxygen atoms in total. The molecule has 80 valence electrons. The van der Waals surface area contributed by atoms with Crippen LogP contribution < -0.4 is 0 Å². The molecule has 0 radical (unpaired) electrons. The first-order valence-corrected chi connectivity index (χ1v) is 3.29. The van der Waals surface area contributed by atoms with E-state index < -0.39 is 0 Å². The second-order valence-corrected chi connectivity index (χ2v) is 1.15. The molecule has 0 heterocycles. The van der Waals surface area contributed by atoms with Gasteiger partial charge in [0.2, 0.25) is 0 Å². The Morgan fingerprint density at radius 2 is 0.615 bits per heavy atom. The Labute approximate surface area is 74.3 Å². The van der Waals surface area contributed by atoms with Crippen molar-refractivity contribution in [1.82, 2.24) is 0 Å². The lowest BCUT2D eigenvalue weighted by Crippen LogP contribution is -1.47. The summed E-state index contributed by atoms with van der Waals surface area (Å²) in [4.78, 5) is 0. The first-order chi connectivity index (χ1) is 6.00. The van der Waals surface area contributed by atoms with Crippen LogP contribution in [-0.4, -0.2) is 0 Å². The maximum atomic E-state index is 8.00. The van der Waals surface area contributed by atoms with Crippen LogP contribution in [0.25, 0.3) is 0 Å².